The highest BCUT2D eigenvalue weighted by molar-refractivity contribution is 5.94. The highest BCUT2D eigenvalue weighted by Gasteiger charge is 2.34. The van der Waals surface area contributed by atoms with E-state index in [0.717, 1.165) is 18.9 Å². The molecule has 1 saturated carbocycles. The molecule has 23 heavy (non-hydrogen) atoms. The molecule has 0 amide bonds. The van der Waals surface area contributed by atoms with Gasteiger partial charge in [-0.25, -0.2) is 9.78 Å². The second-order valence-electron chi connectivity index (χ2n) is 5.23. The molecule has 3 rings (SSSR count). The Morgan fingerprint density at radius 1 is 1.26 bits per heavy atom. The number of rotatable bonds is 4. The third-order valence-corrected chi connectivity index (χ3v) is 3.47. The number of aromatic carboxylic acids is 1. The predicted octanol–water partition coefficient (Wildman–Crippen LogP) is 3.81. The number of anilines is 2. The molecule has 5 nitrogen and oxygen atoms in total. The van der Waals surface area contributed by atoms with Gasteiger partial charge < -0.3 is 10.4 Å². The minimum Gasteiger partial charge on any atom is -0.478 e. The van der Waals surface area contributed by atoms with E-state index in [1.54, 1.807) is 18.3 Å². The summed E-state index contributed by atoms with van der Waals surface area (Å²) < 4.78 is 38.4. The summed E-state index contributed by atoms with van der Waals surface area (Å²) >= 11 is 0. The normalized spacial score (nSPS) is 14.6. The van der Waals surface area contributed by atoms with Crippen molar-refractivity contribution in [3.63, 3.8) is 0 Å². The predicted molar refractivity (Wildman–Crippen MR) is 75.7 cm³/mol. The molecule has 0 saturated heterocycles. The summed E-state index contributed by atoms with van der Waals surface area (Å²) in [4.78, 5) is 18.9. The lowest BCUT2D eigenvalue weighted by atomic mass is 10.2. The Morgan fingerprint density at radius 3 is 2.61 bits per heavy atom. The molecule has 0 bridgehead atoms. The van der Waals surface area contributed by atoms with Gasteiger partial charge in [-0.1, -0.05) is 0 Å². The van der Waals surface area contributed by atoms with Gasteiger partial charge in [-0.15, -0.1) is 0 Å². The molecule has 1 aliphatic carbocycles. The number of hydrogen-bond donors (Lipinski definition) is 2. The van der Waals surface area contributed by atoms with Crippen molar-refractivity contribution in [3.8, 4) is 0 Å². The molecule has 0 unspecified atom stereocenters. The van der Waals surface area contributed by atoms with Crippen molar-refractivity contribution in [1.29, 1.82) is 0 Å². The maximum absolute atomic E-state index is 12.8. The lowest BCUT2D eigenvalue weighted by molar-refractivity contribution is -0.141. The van der Waals surface area contributed by atoms with E-state index >= 15 is 0 Å². The number of halogens is 3. The fraction of sp³-hybridized carbons (Fsp3) is 0.267. The van der Waals surface area contributed by atoms with Crippen LogP contribution in [0.1, 0.15) is 40.5 Å². The van der Waals surface area contributed by atoms with Crippen LogP contribution >= 0.6 is 0 Å². The average molecular weight is 323 g/mol. The van der Waals surface area contributed by atoms with Crippen LogP contribution < -0.4 is 5.32 Å². The van der Waals surface area contributed by atoms with Crippen molar-refractivity contribution < 1.29 is 23.1 Å². The molecule has 2 aromatic heterocycles. The summed E-state index contributed by atoms with van der Waals surface area (Å²) in [6.07, 6.45) is -1.15. The molecule has 8 heteroatoms. The van der Waals surface area contributed by atoms with Crippen LogP contribution in [0.4, 0.5) is 24.7 Å². The lowest BCUT2D eigenvalue weighted by Crippen LogP contribution is -2.13. The van der Waals surface area contributed by atoms with E-state index < -0.39 is 17.8 Å². The van der Waals surface area contributed by atoms with Crippen molar-refractivity contribution in [1.82, 2.24) is 9.97 Å². The summed E-state index contributed by atoms with van der Waals surface area (Å²) in [5, 5.41) is 11.9. The quantitative estimate of drug-likeness (QED) is 0.895. The molecule has 0 aromatic carbocycles. The lowest BCUT2D eigenvalue weighted by Gasteiger charge is -2.14. The average Bonchev–Trinajstić information content (AvgIpc) is 3.31. The van der Waals surface area contributed by atoms with Gasteiger partial charge in [-0.05, 0) is 37.1 Å². The van der Waals surface area contributed by atoms with E-state index in [0.29, 0.717) is 17.4 Å². The minimum atomic E-state index is -4.65. The van der Waals surface area contributed by atoms with Gasteiger partial charge in [0.2, 0.25) is 0 Å². The summed E-state index contributed by atoms with van der Waals surface area (Å²) in [5.41, 5.74) is -0.294. The maximum Gasteiger partial charge on any atom is 0.433 e. The van der Waals surface area contributed by atoms with Crippen molar-refractivity contribution >= 4 is 17.5 Å². The van der Waals surface area contributed by atoms with Crippen LogP contribution in [0, 0.1) is 0 Å². The summed E-state index contributed by atoms with van der Waals surface area (Å²) in [5.74, 6) is -1.45. The van der Waals surface area contributed by atoms with Gasteiger partial charge in [0.15, 0.2) is 0 Å². The van der Waals surface area contributed by atoms with Crippen LogP contribution in [-0.2, 0) is 6.18 Å². The molecule has 0 spiro atoms. The molecule has 2 N–H and O–H groups in total. The smallest absolute Gasteiger partial charge is 0.433 e. The first-order valence-electron chi connectivity index (χ1n) is 6.89. The fourth-order valence-corrected chi connectivity index (χ4v) is 2.22. The molecule has 2 heterocycles. The Morgan fingerprint density at radius 2 is 2.00 bits per heavy atom. The Hall–Kier alpha value is -2.64. The number of nitrogens with zero attached hydrogens (tertiary/aromatic N) is 2. The largest absolute Gasteiger partial charge is 0.478 e. The van der Waals surface area contributed by atoms with Crippen LogP contribution in [0.15, 0.2) is 30.5 Å². The standard InChI is InChI=1S/C15H12F3N3O2/c16-15(17,18)11-6-5-9(14(22)23)13(21-11)20-10-2-1-7-19-12(10)8-3-4-8/h1-2,5-8H,3-4H2,(H,20,21)(H,22,23). The third kappa shape index (κ3) is 3.25. The van der Waals surface area contributed by atoms with Gasteiger partial charge in [0.05, 0.1) is 11.4 Å². The van der Waals surface area contributed by atoms with Gasteiger partial charge in [-0.2, -0.15) is 13.2 Å². The Labute approximate surface area is 129 Å². The first-order valence-corrected chi connectivity index (χ1v) is 6.89. The second-order valence-corrected chi connectivity index (χ2v) is 5.23. The molecule has 1 fully saturated rings. The van der Waals surface area contributed by atoms with E-state index in [-0.39, 0.29) is 17.3 Å². The Bertz CT molecular complexity index is 758. The van der Waals surface area contributed by atoms with Crippen LogP contribution in [0.3, 0.4) is 0 Å². The Kier molecular flexibility index (Phi) is 3.67. The molecule has 0 aliphatic heterocycles. The summed E-state index contributed by atoms with van der Waals surface area (Å²) in [6.45, 7) is 0. The van der Waals surface area contributed by atoms with Crippen LogP contribution in [0.2, 0.25) is 0 Å². The van der Waals surface area contributed by atoms with Crippen LogP contribution in [-0.4, -0.2) is 21.0 Å². The highest BCUT2D eigenvalue weighted by Crippen LogP contribution is 2.42. The second kappa shape index (κ2) is 5.53. The molecule has 0 radical (unpaired) electrons. The fourth-order valence-electron chi connectivity index (χ4n) is 2.22. The summed E-state index contributed by atoms with van der Waals surface area (Å²) in [6, 6.07) is 4.82. The molecule has 1 aliphatic rings. The van der Waals surface area contributed by atoms with Crippen molar-refractivity contribution in [3.05, 3.63) is 47.4 Å². The highest BCUT2D eigenvalue weighted by atomic mass is 19.4. The van der Waals surface area contributed by atoms with E-state index in [9.17, 15) is 18.0 Å². The van der Waals surface area contributed by atoms with Gasteiger partial charge in [-0.3, -0.25) is 4.98 Å². The number of aromatic nitrogens is 2. The van der Waals surface area contributed by atoms with Crippen LogP contribution in [0.5, 0.6) is 0 Å². The van der Waals surface area contributed by atoms with Gasteiger partial charge in [0.1, 0.15) is 17.1 Å². The number of pyridine rings is 2. The summed E-state index contributed by atoms with van der Waals surface area (Å²) in [7, 11) is 0. The van der Waals surface area contributed by atoms with Gasteiger partial charge in [0.25, 0.3) is 0 Å². The first-order chi connectivity index (χ1) is 10.9. The van der Waals surface area contributed by atoms with Crippen molar-refractivity contribution in [2.75, 3.05) is 5.32 Å². The van der Waals surface area contributed by atoms with Gasteiger partial charge in [0, 0.05) is 12.1 Å². The molecule has 2 aromatic rings. The molecule has 0 atom stereocenters. The van der Waals surface area contributed by atoms with Crippen molar-refractivity contribution in [2.45, 2.75) is 24.9 Å². The minimum absolute atomic E-state index is 0.248. The molecular weight excluding hydrogens is 311 g/mol. The van der Waals surface area contributed by atoms with E-state index in [2.05, 4.69) is 15.3 Å². The third-order valence-electron chi connectivity index (χ3n) is 3.47. The van der Waals surface area contributed by atoms with E-state index in [4.69, 9.17) is 5.11 Å². The topological polar surface area (TPSA) is 75.1 Å². The Balaban J connectivity index is 2.02. The number of carboxylic acids is 1. The number of alkyl halides is 3. The maximum atomic E-state index is 12.8. The number of hydrogen-bond acceptors (Lipinski definition) is 4. The number of carboxylic acid groups (broad SMARTS) is 1. The zero-order valence-corrected chi connectivity index (χ0v) is 11.8. The molecular formula is C15H12F3N3O2. The first kappa shape index (κ1) is 15.3. The van der Waals surface area contributed by atoms with Crippen molar-refractivity contribution in [2.24, 2.45) is 0 Å². The number of nitrogens with one attached hydrogen (secondary N) is 1. The zero-order chi connectivity index (χ0) is 16.6. The zero-order valence-electron chi connectivity index (χ0n) is 11.8. The molecule has 120 valence electrons. The van der Waals surface area contributed by atoms with Gasteiger partial charge >= 0.3 is 12.1 Å². The monoisotopic (exact) mass is 323 g/mol. The van der Waals surface area contributed by atoms with Crippen LogP contribution in [0.25, 0.3) is 0 Å². The van der Waals surface area contributed by atoms with E-state index in [1.165, 1.54) is 0 Å². The number of carbonyl (C=O) groups is 1. The van der Waals surface area contributed by atoms with E-state index in [1.807, 2.05) is 0 Å². The SMILES string of the molecule is O=C(O)c1ccc(C(F)(F)F)nc1Nc1cccnc1C1CC1.